The number of pyridine rings is 1. The summed E-state index contributed by atoms with van der Waals surface area (Å²) >= 11 is 0. The minimum Gasteiger partial charge on any atom is -0.438 e. The van der Waals surface area contributed by atoms with E-state index in [-0.39, 0.29) is 5.41 Å². The van der Waals surface area contributed by atoms with Crippen molar-refractivity contribution in [1.29, 1.82) is 5.26 Å². The van der Waals surface area contributed by atoms with Crippen LogP contribution in [0.3, 0.4) is 0 Å². The molecule has 3 aromatic rings. The molecule has 0 bridgehead atoms. The van der Waals surface area contributed by atoms with Crippen LogP contribution in [0, 0.1) is 42.9 Å². The molecular weight excluding hydrogens is 444 g/mol. The second-order valence-corrected chi connectivity index (χ2v) is 10.5. The molecule has 1 fully saturated rings. The lowest BCUT2D eigenvalue weighted by atomic mass is 9.52. The van der Waals surface area contributed by atoms with E-state index < -0.39 is 5.60 Å². The second-order valence-electron chi connectivity index (χ2n) is 10.5. The van der Waals surface area contributed by atoms with Crippen LogP contribution in [0.1, 0.15) is 66.1 Å². The number of fused-ring (bicyclic) bond motifs is 3. The summed E-state index contributed by atoms with van der Waals surface area (Å²) in [5.41, 5.74) is 5.18. The maximum atomic E-state index is 11.2. The molecule has 4 heteroatoms. The maximum Gasteiger partial charge on any atom is 0.237 e. The molecule has 3 atom stereocenters. The molecule has 1 saturated carbocycles. The zero-order valence-electron chi connectivity index (χ0n) is 21.3. The summed E-state index contributed by atoms with van der Waals surface area (Å²) in [6.45, 7) is 5.63. The minimum atomic E-state index is -0.900. The number of benzene rings is 2. The summed E-state index contributed by atoms with van der Waals surface area (Å²) in [5.74, 6) is 7.49. The fraction of sp³-hybridized carbons (Fsp3) is 0.375. The van der Waals surface area contributed by atoms with Crippen LogP contribution in [0.25, 0.3) is 0 Å². The van der Waals surface area contributed by atoms with Gasteiger partial charge in [0.15, 0.2) is 0 Å². The van der Waals surface area contributed by atoms with Gasteiger partial charge in [-0.3, -0.25) is 0 Å². The third-order valence-corrected chi connectivity index (χ3v) is 8.08. The zero-order chi connectivity index (χ0) is 25.3. The topological polar surface area (TPSA) is 66.1 Å². The van der Waals surface area contributed by atoms with Gasteiger partial charge in [-0.2, -0.15) is 5.26 Å². The van der Waals surface area contributed by atoms with Gasteiger partial charge in [-0.05, 0) is 106 Å². The molecule has 0 radical (unpaired) electrons. The van der Waals surface area contributed by atoms with Crippen LogP contribution in [0.2, 0.25) is 0 Å². The van der Waals surface area contributed by atoms with Gasteiger partial charge in [0.1, 0.15) is 23.0 Å². The van der Waals surface area contributed by atoms with Crippen LogP contribution in [0.5, 0.6) is 11.6 Å². The Labute approximate surface area is 214 Å². The molecule has 2 aromatic carbocycles. The molecule has 0 amide bonds. The molecular formula is C32H32N2O2. The van der Waals surface area contributed by atoms with Gasteiger partial charge in [0.05, 0.1) is 0 Å². The van der Waals surface area contributed by atoms with E-state index >= 15 is 0 Å². The van der Waals surface area contributed by atoms with Gasteiger partial charge >= 0.3 is 0 Å². The summed E-state index contributed by atoms with van der Waals surface area (Å²) in [6.07, 6.45) is 5.14. The van der Waals surface area contributed by atoms with E-state index in [4.69, 9.17) is 4.74 Å². The summed E-state index contributed by atoms with van der Waals surface area (Å²) in [7, 11) is 0. The van der Waals surface area contributed by atoms with Crippen molar-refractivity contribution in [3.05, 3.63) is 88.1 Å². The summed E-state index contributed by atoms with van der Waals surface area (Å²) in [6, 6.07) is 21.2. The molecule has 4 nitrogen and oxygen atoms in total. The van der Waals surface area contributed by atoms with E-state index in [1.54, 1.807) is 0 Å². The zero-order valence-corrected chi connectivity index (χ0v) is 21.3. The van der Waals surface area contributed by atoms with Crippen molar-refractivity contribution in [3.63, 3.8) is 0 Å². The summed E-state index contributed by atoms with van der Waals surface area (Å²) < 4.78 is 6.19. The van der Waals surface area contributed by atoms with Crippen LogP contribution < -0.4 is 4.74 Å². The Balaban J connectivity index is 1.54. The first kappa shape index (κ1) is 24.1. The lowest BCUT2D eigenvalue weighted by Crippen LogP contribution is -2.50. The Hall–Kier alpha value is -3.60. The third kappa shape index (κ3) is 4.39. The first-order valence-corrected chi connectivity index (χ1v) is 12.8. The Morgan fingerprint density at radius 2 is 1.92 bits per heavy atom. The fourth-order valence-electron chi connectivity index (χ4n) is 6.49. The van der Waals surface area contributed by atoms with Crippen LogP contribution >= 0.6 is 0 Å². The van der Waals surface area contributed by atoms with Crippen molar-refractivity contribution >= 4 is 0 Å². The Morgan fingerprint density at radius 3 is 2.67 bits per heavy atom. The van der Waals surface area contributed by atoms with Gasteiger partial charge < -0.3 is 9.84 Å². The third-order valence-electron chi connectivity index (χ3n) is 8.08. The van der Waals surface area contributed by atoms with Gasteiger partial charge in [0.2, 0.25) is 5.88 Å². The molecule has 1 aromatic heterocycles. The van der Waals surface area contributed by atoms with Crippen LogP contribution in [0.4, 0.5) is 0 Å². The molecule has 1 heterocycles. The average molecular weight is 477 g/mol. The number of aromatic nitrogens is 1. The average Bonchev–Trinajstić information content (AvgIpc) is 2.85. The van der Waals surface area contributed by atoms with E-state index in [2.05, 4.69) is 65.4 Å². The highest BCUT2D eigenvalue weighted by Crippen LogP contribution is 2.54. The monoisotopic (exact) mass is 476 g/mol. The van der Waals surface area contributed by atoms with Crippen molar-refractivity contribution in [2.75, 3.05) is 0 Å². The van der Waals surface area contributed by atoms with Gasteiger partial charge in [0.25, 0.3) is 0 Å². The van der Waals surface area contributed by atoms with Gasteiger partial charge in [-0.1, -0.05) is 42.3 Å². The number of aliphatic hydroxyl groups is 1. The van der Waals surface area contributed by atoms with Crippen LogP contribution in [0.15, 0.2) is 54.6 Å². The Morgan fingerprint density at radius 1 is 1.11 bits per heavy atom. The first-order valence-electron chi connectivity index (χ1n) is 12.8. The smallest absolute Gasteiger partial charge is 0.237 e. The Bertz CT molecular complexity index is 1400. The highest BCUT2D eigenvalue weighted by Gasteiger charge is 2.51. The Kier molecular flexibility index (Phi) is 6.33. The first-order chi connectivity index (χ1) is 17.4. The quantitative estimate of drug-likeness (QED) is 0.446. The number of nitrogens with zero attached hydrogens (tertiary/aromatic N) is 2. The molecule has 182 valence electrons. The molecule has 36 heavy (non-hydrogen) atoms. The summed E-state index contributed by atoms with van der Waals surface area (Å²) in [5, 5.41) is 20.9. The lowest BCUT2D eigenvalue weighted by molar-refractivity contribution is -0.00804. The largest absolute Gasteiger partial charge is 0.438 e. The van der Waals surface area contributed by atoms with Gasteiger partial charge in [-0.15, -0.1) is 5.92 Å². The number of nitriles is 1. The van der Waals surface area contributed by atoms with E-state index in [0.29, 0.717) is 36.0 Å². The van der Waals surface area contributed by atoms with E-state index in [1.807, 2.05) is 32.9 Å². The van der Waals surface area contributed by atoms with Crippen molar-refractivity contribution in [2.24, 2.45) is 5.92 Å². The number of ether oxygens (including phenoxy) is 1. The molecule has 0 spiro atoms. The van der Waals surface area contributed by atoms with Crippen LogP contribution in [-0.2, 0) is 18.3 Å². The molecule has 2 aliphatic carbocycles. The van der Waals surface area contributed by atoms with Crippen molar-refractivity contribution in [2.45, 2.75) is 70.3 Å². The van der Waals surface area contributed by atoms with Crippen LogP contribution in [-0.4, -0.2) is 15.7 Å². The van der Waals surface area contributed by atoms with Crippen molar-refractivity contribution < 1.29 is 9.84 Å². The lowest BCUT2D eigenvalue weighted by Gasteiger charge is -2.52. The number of hydrogen-bond donors (Lipinski definition) is 1. The second kappa shape index (κ2) is 9.45. The molecule has 2 aliphatic rings. The predicted molar refractivity (Wildman–Crippen MR) is 141 cm³/mol. The van der Waals surface area contributed by atoms with E-state index in [1.165, 1.54) is 16.7 Å². The van der Waals surface area contributed by atoms with Crippen molar-refractivity contribution in [3.8, 4) is 29.5 Å². The molecule has 0 saturated heterocycles. The van der Waals surface area contributed by atoms with Crippen molar-refractivity contribution in [1.82, 2.24) is 4.98 Å². The van der Waals surface area contributed by atoms with E-state index in [9.17, 15) is 10.4 Å². The molecule has 1 N–H and O–H groups in total. The van der Waals surface area contributed by atoms with Gasteiger partial charge in [-0.25, -0.2) is 4.98 Å². The standard InChI is InChI=1S/C32H32N2O2/c1-4-14-31(35)15-16-32(19-24-8-6-5-7-9-24)26(20-31)11-10-25-18-27(12-13-29(25)32)36-30-28(21-33)22(2)17-23(3)34-30/h5-9,12-13,17-18,26,35H,10-11,15-16,19-20H2,1-3H3/t26-,31-,32+/m1/s1. The van der Waals surface area contributed by atoms with E-state index in [0.717, 1.165) is 36.9 Å². The number of rotatable bonds is 4. The number of hydrogen-bond acceptors (Lipinski definition) is 4. The molecule has 5 rings (SSSR count). The fourth-order valence-corrected chi connectivity index (χ4v) is 6.49. The molecule has 0 unspecified atom stereocenters. The number of aryl methyl sites for hydroxylation is 3. The maximum absolute atomic E-state index is 11.2. The highest BCUT2D eigenvalue weighted by molar-refractivity contribution is 5.49. The normalized spacial score (nSPS) is 24.5. The SMILES string of the molecule is CC#C[C@@]1(O)CC[C@@]2(Cc3ccccc3)c3ccc(Oc4nc(C)cc(C)c4C#N)cc3CC[C@@H]2C1. The highest BCUT2D eigenvalue weighted by atomic mass is 16.5. The molecule has 0 aliphatic heterocycles. The van der Waals surface area contributed by atoms with Gasteiger partial charge in [0, 0.05) is 11.1 Å². The summed E-state index contributed by atoms with van der Waals surface area (Å²) in [4.78, 5) is 4.50. The predicted octanol–water partition coefficient (Wildman–Crippen LogP) is 6.34. The minimum absolute atomic E-state index is 0.0505.